The predicted molar refractivity (Wildman–Crippen MR) is 90.2 cm³/mol. The van der Waals surface area contributed by atoms with Crippen LogP contribution in [-0.2, 0) is 0 Å². The molecule has 0 N–H and O–H groups in total. The molecule has 1 aromatic carbocycles. The summed E-state index contributed by atoms with van der Waals surface area (Å²) < 4.78 is 0. The first-order valence-electron chi connectivity index (χ1n) is 6.57. The molecule has 108 valence electrons. The standard InChI is InChI=1S/C17H11ClN2OS/c18-13-6-4-12(5-7-13)16(21)9-8-14-11-22-17(20-14)15-3-1-2-10-19-15/h1-11H/b9-8+. The maximum atomic E-state index is 12.0. The van der Waals surface area contributed by atoms with E-state index in [0.29, 0.717) is 10.6 Å². The normalized spacial score (nSPS) is 11.0. The highest BCUT2D eigenvalue weighted by atomic mass is 35.5. The number of carbonyl (C=O) groups is 1. The second-order valence-corrected chi connectivity index (χ2v) is 5.79. The molecule has 0 saturated heterocycles. The van der Waals surface area contributed by atoms with Crippen molar-refractivity contribution >= 4 is 34.8 Å². The zero-order valence-corrected chi connectivity index (χ0v) is 13.0. The molecule has 2 heterocycles. The van der Waals surface area contributed by atoms with Gasteiger partial charge in [-0.2, -0.15) is 0 Å². The Bertz CT molecular complexity index is 810. The summed E-state index contributed by atoms with van der Waals surface area (Å²) >= 11 is 7.30. The Balaban J connectivity index is 1.75. The van der Waals surface area contributed by atoms with Crippen LogP contribution in [0, 0.1) is 0 Å². The summed E-state index contributed by atoms with van der Waals surface area (Å²) in [5, 5.41) is 3.34. The van der Waals surface area contributed by atoms with Crippen LogP contribution in [0.5, 0.6) is 0 Å². The second-order valence-electron chi connectivity index (χ2n) is 4.50. The number of thiazole rings is 1. The highest BCUT2D eigenvalue weighted by Crippen LogP contribution is 2.22. The Morgan fingerprint density at radius 3 is 2.68 bits per heavy atom. The van der Waals surface area contributed by atoms with Crippen molar-refractivity contribution in [3.05, 3.63) is 76.4 Å². The van der Waals surface area contributed by atoms with Crippen molar-refractivity contribution in [2.75, 3.05) is 0 Å². The van der Waals surface area contributed by atoms with Crippen molar-refractivity contribution in [3.63, 3.8) is 0 Å². The minimum absolute atomic E-state index is 0.0796. The average Bonchev–Trinajstić information content (AvgIpc) is 3.03. The van der Waals surface area contributed by atoms with E-state index in [9.17, 15) is 4.79 Å². The Hall–Kier alpha value is -2.30. The van der Waals surface area contributed by atoms with Crippen LogP contribution in [-0.4, -0.2) is 15.8 Å². The molecular weight excluding hydrogens is 316 g/mol. The summed E-state index contributed by atoms with van der Waals surface area (Å²) in [4.78, 5) is 20.8. The highest BCUT2D eigenvalue weighted by molar-refractivity contribution is 7.13. The lowest BCUT2D eigenvalue weighted by molar-refractivity contribution is 0.104. The molecule has 0 radical (unpaired) electrons. The van der Waals surface area contributed by atoms with E-state index < -0.39 is 0 Å². The molecule has 0 aliphatic rings. The minimum atomic E-state index is -0.0796. The molecule has 3 aromatic rings. The van der Waals surface area contributed by atoms with Gasteiger partial charge in [0, 0.05) is 22.2 Å². The summed E-state index contributed by atoms with van der Waals surface area (Å²) in [7, 11) is 0. The molecule has 0 aliphatic carbocycles. The van der Waals surface area contributed by atoms with Crippen molar-refractivity contribution in [2.24, 2.45) is 0 Å². The van der Waals surface area contributed by atoms with Gasteiger partial charge in [0.2, 0.25) is 0 Å². The van der Waals surface area contributed by atoms with Gasteiger partial charge in [0.1, 0.15) is 5.01 Å². The van der Waals surface area contributed by atoms with Gasteiger partial charge >= 0.3 is 0 Å². The van der Waals surface area contributed by atoms with Gasteiger partial charge in [0.15, 0.2) is 5.78 Å². The molecular formula is C17H11ClN2OS. The first-order valence-corrected chi connectivity index (χ1v) is 7.83. The fourth-order valence-corrected chi connectivity index (χ4v) is 2.73. The zero-order valence-electron chi connectivity index (χ0n) is 11.4. The van der Waals surface area contributed by atoms with E-state index >= 15 is 0 Å². The minimum Gasteiger partial charge on any atom is -0.289 e. The molecule has 0 fully saturated rings. The van der Waals surface area contributed by atoms with Crippen molar-refractivity contribution in [2.45, 2.75) is 0 Å². The van der Waals surface area contributed by atoms with Crippen LogP contribution in [0.25, 0.3) is 16.8 Å². The van der Waals surface area contributed by atoms with E-state index in [4.69, 9.17) is 11.6 Å². The van der Waals surface area contributed by atoms with E-state index in [0.717, 1.165) is 16.4 Å². The van der Waals surface area contributed by atoms with Gasteiger partial charge in [-0.05, 0) is 48.6 Å². The monoisotopic (exact) mass is 326 g/mol. The highest BCUT2D eigenvalue weighted by Gasteiger charge is 2.05. The van der Waals surface area contributed by atoms with Crippen LogP contribution in [0.4, 0.5) is 0 Å². The third-order valence-corrected chi connectivity index (χ3v) is 4.08. The van der Waals surface area contributed by atoms with Crippen molar-refractivity contribution in [3.8, 4) is 10.7 Å². The Morgan fingerprint density at radius 2 is 1.95 bits per heavy atom. The number of carbonyl (C=O) groups excluding carboxylic acids is 1. The van der Waals surface area contributed by atoms with E-state index in [2.05, 4.69) is 9.97 Å². The molecule has 0 amide bonds. The van der Waals surface area contributed by atoms with Gasteiger partial charge in [-0.3, -0.25) is 9.78 Å². The van der Waals surface area contributed by atoms with Crippen molar-refractivity contribution in [1.29, 1.82) is 0 Å². The van der Waals surface area contributed by atoms with Crippen molar-refractivity contribution < 1.29 is 4.79 Å². The van der Waals surface area contributed by atoms with Crippen molar-refractivity contribution in [1.82, 2.24) is 9.97 Å². The second kappa shape index (κ2) is 6.64. The number of aromatic nitrogens is 2. The van der Waals surface area contributed by atoms with E-state index in [1.54, 1.807) is 36.5 Å². The largest absolute Gasteiger partial charge is 0.289 e. The molecule has 0 unspecified atom stereocenters. The molecule has 0 bridgehead atoms. The van der Waals surface area contributed by atoms with E-state index in [1.807, 2.05) is 23.6 Å². The number of hydrogen-bond acceptors (Lipinski definition) is 4. The van der Waals surface area contributed by atoms with Crippen LogP contribution in [0.1, 0.15) is 16.1 Å². The predicted octanol–water partition coefficient (Wildman–Crippen LogP) is 4.75. The molecule has 3 rings (SSSR count). The summed E-state index contributed by atoms with van der Waals surface area (Å²) in [6.07, 6.45) is 4.96. The summed E-state index contributed by atoms with van der Waals surface area (Å²) in [6.45, 7) is 0. The number of halogens is 1. The topological polar surface area (TPSA) is 42.9 Å². The Kier molecular flexibility index (Phi) is 4.42. The molecule has 0 aliphatic heterocycles. The summed E-state index contributed by atoms with van der Waals surface area (Å²) in [6, 6.07) is 12.5. The molecule has 0 spiro atoms. The van der Waals surface area contributed by atoms with Gasteiger partial charge in [-0.15, -0.1) is 11.3 Å². The first-order chi connectivity index (χ1) is 10.7. The summed E-state index contributed by atoms with van der Waals surface area (Å²) in [5.74, 6) is -0.0796. The summed E-state index contributed by atoms with van der Waals surface area (Å²) in [5.41, 5.74) is 2.17. The Labute approximate surface area is 136 Å². The molecule has 0 atom stereocenters. The number of rotatable bonds is 4. The number of ketones is 1. The van der Waals surface area contributed by atoms with Crippen LogP contribution in [0.15, 0.2) is 60.1 Å². The maximum Gasteiger partial charge on any atom is 0.185 e. The number of allylic oxidation sites excluding steroid dienone is 1. The average molecular weight is 327 g/mol. The van der Waals surface area contributed by atoms with Crippen LogP contribution in [0.2, 0.25) is 5.02 Å². The number of hydrogen-bond donors (Lipinski definition) is 0. The van der Waals surface area contributed by atoms with Gasteiger partial charge in [0.05, 0.1) is 11.4 Å². The third-order valence-electron chi connectivity index (χ3n) is 2.94. The molecule has 0 saturated carbocycles. The van der Waals surface area contributed by atoms with Crippen LogP contribution < -0.4 is 0 Å². The maximum absolute atomic E-state index is 12.0. The first kappa shape index (κ1) is 14.6. The number of pyridine rings is 1. The van der Waals surface area contributed by atoms with Crippen LogP contribution in [0.3, 0.4) is 0 Å². The lowest BCUT2D eigenvalue weighted by atomic mass is 10.1. The molecule has 5 heteroatoms. The van der Waals surface area contributed by atoms with Gasteiger partial charge in [-0.25, -0.2) is 4.98 Å². The Morgan fingerprint density at radius 1 is 1.14 bits per heavy atom. The van der Waals surface area contributed by atoms with Gasteiger partial charge < -0.3 is 0 Å². The smallest absolute Gasteiger partial charge is 0.185 e. The van der Waals surface area contributed by atoms with E-state index in [-0.39, 0.29) is 5.78 Å². The van der Waals surface area contributed by atoms with Gasteiger partial charge in [-0.1, -0.05) is 17.7 Å². The molecule has 3 nitrogen and oxygen atoms in total. The lowest BCUT2D eigenvalue weighted by Gasteiger charge is -1.95. The SMILES string of the molecule is O=C(/C=C/c1csc(-c2ccccn2)n1)c1ccc(Cl)cc1. The zero-order chi connectivity index (χ0) is 15.4. The molecule has 22 heavy (non-hydrogen) atoms. The van der Waals surface area contributed by atoms with Gasteiger partial charge in [0.25, 0.3) is 0 Å². The van der Waals surface area contributed by atoms with E-state index in [1.165, 1.54) is 17.4 Å². The number of nitrogens with zero attached hydrogens (tertiary/aromatic N) is 2. The fourth-order valence-electron chi connectivity index (χ4n) is 1.84. The number of benzene rings is 1. The van der Waals surface area contributed by atoms with Crippen LogP contribution >= 0.6 is 22.9 Å². The lowest BCUT2D eigenvalue weighted by Crippen LogP contribution is -1.93. The molecule has 2 aromatic heterocycles. The quantitative estimate of drug-likeness (QED) is 0.513. The fraction of sp³-hybridized carbons (Fsp3) is 0. The third kappa shape index (κ3) is 3.47.